The van der Waals surface area contributed by atoms with Crippen LogP contribution >= 0.6 is 0 Å². The van der Waals surface area contributed by atoms with Gasteiger partial charge in [0.25, 0.3) is 0 Å². The first kappa shape index (κ1) is 15.7. The summed E-state index contributed by atoms with van der Waals surface area (Å²) in [7, 11) is -3.35. The quantitative estimate of drug-likeness (QED) is 0.516. The van der Waals surface area contributed by atoms with Crippen LogP contribution in [0.25, 0.3) is 0 Å². The second-order valence-electron chi connectivity index (χ2n) is 5.17. The van der Waals surface area contributed by atoms with E-state index in [1.807, 2.05) is 30.3 Å². The zero-order valence-corrected chi connectivity index (χ0v) is 12.1. The molecular weight excluding hydrogens is 262 g/mol. The Morgan fingerprint density at radius 1 is 1.32 bits per heavy atom. The summed E-state index contributed by atoms with van der Waals surface area (Å²) in [6.07, 6.45) is 0.469. The van der Waals surface area contributed by atoms with E-state index in [9.17, 15) is 8.42 Å². The fourth-order valence-corrected chi connectivity index (χ4v) is 2.58. The van der Waals surface area contributed by atoms with Gasteiger partial charge in [-0.2, -0.15) is 0 Å². The van der Waals surface area contributed by atoms with Gasteiger partial charge in [0.05, 0.1) is 11.6 Å². The molecule has 0 aliphatic carbocycles. The molecule has 0 atom stereocenters. The molecule has 0 unspecified atom stereocenters. The predicted octanol–water partition coefficient (Wildman–Crippen LogP) is 1.11. The smallest absolute Gasteiger partial charge is 0.211 e. The maximum Gasteiger partial charge on any atom is 0.211 e. The molecule has 0 radical (unpaired) electrons. The molecule has 5 nitrogen and oxygen atoms in total. The monoisotopic (exact) mass is 283 g/mol. The zero-order valence-electron chi connectivity index (χ0n) is 11.3. The highest BCUT2D eigenvalue weighted by Gasteiger charge is 2.24. The van der Waals surface area contributed by atoms with E-state index < -0.39 is 15.4 Å². The van der Waals surface area contributed by atoms with Gasteiger partial charge in [-0.3, -0.25) is 5.41 Å². The van der Waals surface area contributed by atoms with Crippen LogP contribution in [0.2, 0.25) is 0 Å². The summed E-state index contributed by atoms with van der Waals surface area (Å²) in [6.45, 7) is 3.60. The SMILES string of the molecule is CC(C)(CNS(=O)(=O)CCc1ccccc1)C(=N)N. The molecule has 6 heteroatoms. The lowest BCUT2D eigenvalue weighted by atomic mass is 9.93. The predicted molar refractivity (Wildman–Crippen MR) is 77.6 cm³/mol. The van der Waals surface area contributed by atoms with Crippen molar-refractivity contribution in [1.82, 2.24) is 4.72 Å². The Kier molecular flexibility index (Phi) is 5.08. The number of nitrogens with one attached hydrogen (secondary N) is 2. The summed E-state index contributed by atoms with van der Waals surface area (Å²) in [5.74, 6) is 0.00335. The van der Waals surface area contributed by atoms with Crippen LogP contribution in [-0.2, 0) is 16.4 Å². The first-order chi connectivity index (χ1) is 8.73. The summed E-state index contributed by atoms with van der Waals surface area (Å²) in [4.78, 5) is 0. The minimum Gasteiger partial charge on any atom is -0.387 e. The van der Waals surface area contributed by atoms with E-state index >= 15 is 0 Å². The molecule has 0 heterocycles. The van der Waals surface area contributed by atoms with Crippen LogP contribution in [0.3, 0.4) is 0 Å². The Labute approximate surface area is 114 Å². The molecule has 0 aliphatic heterocycles. The lowest BCUT2D eigenvalue weighted by Crippen LogP contribution is -2.42. The third-order valence-electron chi connectivity index (χ3n) is 2.97. The standard InChI is InChI=1S/C13H21N3O2S/c1-13(2,12(14)15)10-16-19(17,18)9-8-11-6-4-3-5-7-11/h3-7,16H,8-10H2,1-2H3,(H3,14,15). The molecule has 0 bridgehead atoms. The summed E-state index contributed by atoms with van der Waals surface area (Å²) < 4.78 is 26.2. The normalized spacial score (nSPS) is 12.3. The van der Waals surface area contributed by atoms with Gasteiger partial charge in [-0.1, -0.05) is 44.2 Å². The lowest BCUT2D eigenvalue weighted by Gasteiger charge is -2.23. The van der Waals surface area contributed by atoms with Crippen LogP contribution in [0.15, 0.2) is 30.3 Å². The van der Waals surface area contributed by atoms with Gasteiger partial charge in [-0.05, 0) is 12.0 Å². The van der Waals surface area contributed by atoms with E-state index in [1.165, 1.54) is 0 Å². The molecule has 4 N–H and O–H groups in total. The topological polar surface area (TPSA) is 96.0 Å². The Bertz CT molecular complexity index is 524. The molecule has 0 spiro atoms. The molecule has 106 valence electrons. The van der Waals surface area contributed by atoms with Gasteiger partial charge in [0.15, 0.2) is 0 Å². The van der Waals surface area contributed by atoms with Gasteiger partial charge < -0.3 is 5.73 Å². The van der Waals surface area contributed by atoms with Crippen molar-refractivity contribution in [2.45, 2.75) is 20.3 Å². The minimum absolute atomic E-state index is 0.0294. The van der Waals surface area contributed by atoms with Crippen LogP contribution in [0.1, 0.15) is 19.4 Å². The maximum atomic E-state index is 11.9. The van der Waals surface area contributed by atoms with E-state index in [0.717, 1.165) is 5.56 Å². The average molecular weight is 283 g/mol. The molecule has 1 aromatic rings. The summed E-state index contributed by atoms with van der Waals surface area (Å²) in [5, 5.41) is 7.38. The first-order valence-corrected chi connectivity index (χ1v) is 7.74. The minimum atomic E-state index is -3.35. The number of benzene rings is 1. The van der Waals surface area contributed by atoms with Crippen molar-refractivity contribution < 1.29 is 8.42 Å². The highest BCUT2D eigenvalue weighted by molar-refractivity contribution is 7.89. The Morgan fingerprint density at radius 2 is 1.89 bits per heavy atom. The highest BCUT2D eigenvalue weighted by Crippen LogP contribution is 2.13. The third kappa shape index (κ3) is 5.40. The number of rotatable bonds is 7. The van der Waals surface area contributed by atoms with Crippen molar-refractivity contribution in [2.75, 3.05) is 12.3 Å². The number of nitrogens with two attached hydrogens (primary N) is 1. The van der Waals surface area contributed by atoms with Crippen LogP contribution < -0.4 is 10.5 Å². The van der Waals surface area contributed by atoms with E-state index in [-0.39, 0.29) is 18.1 Å². The lowest BCUT2D eigenvalue weighted by molar-refractivity contribution is 0.493. The van der Waals surface area contributed by atoms with Crippen molar-refractivity contribution in [3.8, 4) is 0 Å². The molecule has 0 fully saturated rings. The maximum absolute atomic E-state index is 11.9. The van der Waals surface area contributed by atoms with Crippen LogP contribution in [0.5, 0.6) is 0 Å². The van der Waals surface area contributed by atoms with Crippen LogP contribution in [-0.4, -0.2) is 26.6 Å². The van der Waals surface area contributed by atoms with E-state index in [4.69, 9.17) is 11.1 Å². The third-order valence-corrected chi connectivity index (χ3v) is 4.29. The Balaban J connectivity index is 2.51. The highest BCUT2D eigenvalue weighted by atomic mass is 32.2. The van der Waals surface area contributed by atoms with Gasteiger partial charge in [0, 0.05) is 12.0 Å². The van der Waals surface area contributed by atoms with Crippen molar-refractivity contribution in [1.29, 1.82) is 5.41 Å². The number of amidine groups is 1. The molecule has 0 saturated heterocycles. The second-order valence-corrected chi connectivity index (χ2v) is 7.10. The Hall–Kier alpha value is -1.40. The van der Waals surface area contributed by atoms with Crippen LogP contribution in [0, 0.1) is 10.8 Å². The fourth-order valence-electron chi connectivity index (χ4n) is 1.35. The largest absolute Gasteiger partial charge is 0.387 e. The number of sulfonamides is 1. The molecule has 0 amide bonds. The molecule has 0 aliphatic rings. The second kappa shape index (κ2) is 6.16. The van der Waals surface area contributed by atoms with Crippen LogP contribution in [0.4, 0.5) is 0 Å². The first-order valence-electron chi connectivity index (χ1n) is 6.09. The van der Waals surface area contributed by atoms with Gasteiger partial charge >= 0.3 is 0 Å². The number of aryl methyl sites for hydroxylation is 1. The van der Waals surface area contributed by atoms with Gasteiger partial charge in [-0.25, -0.2) is 13.1 Å². The Morgan fingerprint density at radius 3 is 2.42 bits per heavy atom. The van der Waals surface area contributed by atoms with Gasteiger partial charge in [-0.15, -0.1) is 0 Å². The van der Waals surface area contributed by atoms with Crippen molar-refractivity contribution in [3.63, 3.8) is 0 Å². The van der Waals surface area contributed by atoms with E-state index in [0.29, 0.717) is 6.42 Å². The summed E-state index contributed by atoms with van der Waals surface area (Å²) in [5.41, 5.74) is 5.73. The van der Waals surface area contributed by atoms with Gasteiger partial charge in [0.1, 0.15) is 0 Å². The molecule has 1 aromatic carbocycles. The number of hydrogen-bond acceptors (Lipinski definition) is 3. The van der Waals surface area contributed by atoms with Crippen molar-refractivity contribution in [3.05, 3.63) is 35.9 Å². The molecule has 0 saturated carbocycles. The molecule has 1 rings (SSSR count). The van der Waals surface area contributed by atoms with Crippen molar-refractivity contribution in [2.24, 2.45) is 11.1 Å². The molecule has 0 aromatic heterocycles. The average Bonchev–Trinajstić information content (AvgIpc) is 2.36. The summed E-state index contributed by atoms with van der Waals surface area (Å²) >= 11 is 0. The number of hydrogen-bond donors (Lipinski definition) is 3. The van der Waals surface area contributed by atoms with Gasteiger partial charge in [0.2, 0.25) is 10.0 Å². The summed E-state index contributed by atoms with van der Waals surface area (Å²) in [6, 6.07) is 9.46. The molecular formula is C13H21N3O2S. The van der Waals surface area contributed by atoms with Crippen molar-refractivity contribution >= 4 is 15.9 Å². The van der Waals surface area contributed by atoms with E-state index in [1.54, 1.807) is 13.8 Å². The fraction of sp³-hybridized carbons (Fsp3) is 0.462. The van der Waals surface area contributed by atoms with E-state index in [2.05, 4.69) is 4.72 Å². The zero-order chi connectivity index (χ0) is 14.5. The molecule has 19 heavy (non-hydrogen) atoms.